The summed E-state index contributed by atoms with van der Waals surface area (Å²) in [5.41, 5.74) is 3.77. The molecule has 0 aliphatic carbocycles. The minimum atomic E-state index is -1.03. The molecule has 3 aromatic heterocycles. The van der Waals surface area contributed by atoms with Crippen molar-refractivity contribution < 1.29 is 19.2 Å². The highest BCUT2D eigenvalue weighted by Gasteiger charge is 2.25. The van der Waals surface area contributed by atoms with Gasteiger partial charge < -0.3 is 29.2 Å². The lowest BCUT2D eigenvalue weighted by Gasteiger charge is -2.22. The lowest BCUT2D eigenvalue weighted by molar-refractivity contribution is -0.137. The maximum Gasteiger partial charge on any atom is 0.326 e. The Morgan fingerprint density at radius 3 is 2.36 bits per heavy atom. The number of carbonyl (C=O) groups is 1. The largest absolute Gasteiger partial charge is 0.496 e. The molecule has 11 heteroatoms. The zero-order chi connectivity index (χ0) is 30.6. The summed E-state index contributed by atoms with van der Waals surface area (Å²) in [6.07, 6.45) is 3.58. The fourth-order valence-corrected chi connectivity index (χ4v) is 4.98. The molecule has 42 heavy (non-hydrogen) atoms. The molecule has 0 spiro atoms. The van der Waals surface area contributed by atoms with Gasteiger partial charge in [-0.25, -0.2) is 9.78 Å². The smallest absolute Gasteiger partial charge is 0.326 e. The van der Waals surface area contributed by atoms with Gasteiger partial charge in [-0.05, 0) is 58.7 Å². The number of aliphatic carboxylic acids is 1. The fraction of sp³-hybridized carbons (Fsp3) is 0.387. The van der Waals surface area contributed by atoms with E-state index in [-0.39, 0.29) is 18.0 Å². The SMILES string of the molecule is CCN(CC)c1ncc(-c2c(C)noc2C)c(NC(Cc2ccc(-c3c(OC)ccn(C(C)C)c3=O)cc2)C(=O)O)n1. The van der Waals surface area contributed by atoms with Gasteiger partial charge in [0.15, 0.2) is 0 Å². The van der Waals surface area contributed by atoms with Crippen LogP contribution in [0, 0.1) is 13.8 Å². The first kappa shape index (κ1) is 30.3. The molecule has 0 aliphatic rings. The topological polar surface area (TPSA) is 136 Å². The molecular weight excluding hydrogens is 536 g/mol. The van der Waals surface area contributed by atoms with Crippen LogP contribution in [0.3, 0.4) is 0 Å². The van der Waals surface area contributed by atoms with Crippen molar-refractivity contribution in [3.8, 4) is 28.0 Å². The number of nitrogens with one attached hydrogen (secondary N) is 1. The van der Waals surface area contributed by atoms with Gasteiger partial charge in [-0.1, -0.05) is 29.4 Å². The number of nitrogens with zero attached hydrogens (tertiary/aromatic N) is 5. The van der Waals surface area contributed by atoms with E-state index in [0.717, 1.165) is 11.1 Å². The number of hydrogen-bond donors (Lipinski definition) is 2. The summed E-state index contributed by atoms with van der Waals surface area (Å²) in [5, 5.41) is 17.4. The average molecular weight is 575 g/mol. The second kappa shape index (κ2) is 12.9. The van der Waals surface area contributed by atoms with Gasteiger partial charge in [0, 0.05) is 43.5 Å². The van der Waals surface area contributed by atoms with Crippen LogP contribution in [0.2, 0.25) is 0 Å². The van der Waals surface area contributed by atoms with Gasteiger partial charge in [0.25, 0.3) is 5.56 Å². The van der Waals surface area contributed by atoms with E-state index in [0.29, 0.717) is 58.7 Å². The van der Waals surface area contributed by atoms with Crippen LogP contribution in [0.5, 0.6) is 5.75 Å². The highest BCUT2D eigenvalue weighted by molar-refractivity contribution is 5.83. The molecule has 3 heterocycles. The van der Waals surface area contributed by atoms with E-state index >= 15 is 0 Å². The molecule has 0 fully saturated rings. The van der Waals surface area contributed by atoms with Gasteiger partial charge in [-0.3, -0.25) is 4.79 Å². The molecule has 222 valence electrons. The molecule has 0 bridgehead atoms. The predicted molar refractivity (Wildman–Crippen MR) is 162 cm³/mol. The number of aryl methyl sites for hydroxylation is 2. The van der Waals surface area contributed by atoms with Crippen molar-refractivity contribution in [3.05, 3.63) is 70.1 Å². The monoisotopic (exact) mass is 574 g/mol. The lowest BCUT2D eigenvalue weighted by Crippen LogP contribution is -2.33. The van der Waals surface area contributed by atoms with Gasteiger partial charge >= 0.3 is 5.97 Å². The van der Waals surface area contributed by atoms with Crippen molar-refractivity contribution in [2.45, 2.75) is 60.0 Å². The average Bonchev–Trinajstić information content (AvgIpc) is 3.30. The van der Waals surface area contributed by atoms with Crippen LogP contribution in [0.15, 0.2) is 52.0 Å². The molecule has 11 nitrogen and oxygen atoms in total. The Morgan fingerprint density at radius 2 is 1.81 bits per heavy atom. The van der Waals surface area contributed by atoms with Crippen molar-refractivity contribution in [3.63, 3.8) is 0 Å². The Hall–Kier alpha value is -4.67. The first-order valence-corrected chi connectivity index (χ1v) is 14.0. The number of ether oxygens (including phenoxy) is 1. The maximum absolute atomic E-state index is 13.2. The Labute approximate surface area is 245 Å². The van der Waals surface area contributed by atoms with Gasteiger partial charge in [-0.15, -0.1) is 0 Å². The van der Waals surface area contributed by atoms with Crippen LogP contribution in [0.25, 0.3) is 22.3 Å². The zero-order valence-electron chi connectivity index (χ0n) is 25.1. The third kappa shape index (κ3) is 6.14. The third-order valence-corrected chi connectivity index (χ3v) is 7.27. The third-order valence-electron chi connectivity index (χ3n) is 7.27. The van der Waals surface area contributed by atoms with Crippen molar-refractivity contribution in [1.29, 1.82) is 0 Å². The van der Waals surface area contributed by atoms with Gasteiger partial charge in [0.2, 0.25) is 5.95 Å². The summed E-state index contributed by atoms with van der Waals surface area (Å²) in [5.74, 6) is 0.916. The number of benzene rings is 1. The second-order valence-electron chi connectivity index (χ2n) is 10.3. The van der Waals surface area contributed by atoms with E-state index in [9.17, 15) is 14.7 Å². The summed E-state index contributed by atoms with van der Waals surface area (Å²) >= 11 is 0. The van der Waals surface area contributed by atoms with Crippen LogP contribution < -0.4 is 20.5 Å². The summed E-state index contributed by atoms with van der Waals surface area (Å²) < 4.78 is 12.5. The van der Waals surface area contributed by atoms with Crippen LogP contribution in [0.4, 0.5) is 11.8 Å². The molecule has 4 rings (SSSR count). The van der Waals surface area contributed by atoms with E-state index in [1.807, 2.05) is 63.8 Å². The van der Waals surface area contributed by atoms with Crippen LogP contribution >= 0.6 is 0 Å². The molecule has 1 unspecified atom stereocenters. The molecule has 1 atom stereocenters. The second-order valence-corrected chi connectivity index (χ2v) is 10.3. The number of anilines is 2. The Bertz CT molecular complexity index is 1590. The van der Waals surface area contributed by atoms with Gasteiger partial charge in [-0.2, -0.15) is 4.98 Å². The molecule has 0 radical (unpaired) electrons. The first-order valence-electron chi connectivity index (χ1n) is 14.0. The van der Waals surface area contributed by atoms with Crippen molar-refractivity contribution in [1.82, 2.24) is 19.7 Å². The zero-order valence-corrected chi connectivity index (χ0v) is 25.1. The van der Waals surface area contributed by atoms with Crippen LogP contribution in [-0.4, -0.2) is 57.0 Å². The van der Waals surface area contributed by atoms with E-state index < -0.39 is 12.0 Å². The molecular formula is C31H38N6O5. The highest BCUT2D eigenvalue weighted by Crippen LogP contribution is 2.33. The van der Waals surface area contributed by atoms with Crippen LogP contribution in [0.1, 0.15) is 50.8 Å². The number of methoxy groups -OCH3 is 1. The molecule has 2 N–H and O–H groups in total. The normalized spacial score (nSPS) is 11.9. The molecule has 1 aromatic carbocycles. The molecule has 0 aliphatic heterocycles. The van der Waals surface area contributed by atoms with E-state index in [2.05, 4.69) is 15.5 Å². The first-order chi connectivity index (χ1) is 20.1. The van der Waals surface area contributed by atoms with Crippen molar-refractivity contribution >= 4 is 17.7 Å². The highest BCUT2D eigenvalue weighted by atomic mass is 16.5. The quantitative estimate of drug-likeness (QED) is 0.235. The number of pyridine rings is 1. The van der Waals surface area contributed by atoms with E-state index in [1.165, 1.54) is 7.11 Å². The minimum absolute atomic E-state index is 0.0110. The molecule has 4 aromatic rings. The van der Waals surface area contributed by atoms with Gasteiger partial charge in [0.05, 0.1) is 23.9 Å². The van der Waals surface area contributed by atoms with E-state index in [4.69, 9.17) is 14.2 Å². The number of carboxylic acids is 1. The predicted octanol–water partition coefficient (Wildman–Crippen LogP) is 5.12. The summed E-state index contributed by atoms with van der Waals surface area (Å²) in [6.45, 7) is 12.9. The number of hydrogen-bond acceptors (Lipinski definition) is 9. The molecule has 0 amide bonds. The van der Waals surface area contributed by atoms with Crippen molar-refractivity contribution in [2.75, 3.05) is 30.4 Å². The standard InChI is InChI=1S/C31H38N6O5/c1-8-36(9-2)31-32-17-23(26-19(5)35-42-20(26)6)28(34-31)33-24(30(39)40)16-21-10-12-22(13-11-21)27-25(41-7)14-15-37(18(3)4)29(27)38/h10-15,17-18,24H,8-9,16H2,1-7H3,(H,39,40)(H,32,33,34). The summed E-state index contributed by atoms with van der Waals surface area (Å²) in [6, 6.07) is 8.05. The lowest BCUT2D eigenvalue weighted by atomic mass is 10.00. The molecule has 0 saturated heterocycles. The van der Waals surface area contributed by atoms with Crippen LogP contribution in [-0.2, 0) is 11.2 Å². The maximum atomic E-state index is 13.2. The van der Waals surface area contributed by atoms with E-state index in [1.54, 1.807) is 30.0 Å². The number of carboxylic acid groups (broad SMARTS) is 1. The Kier molecular flexibility index (Phi) is 9.29. The number of rotatable bonds is 12. The minimum Gasteiger partial charge on any atom is -0.496 e. The Morgan fingerprint density at radius 1 is 1.12 bits per heavy atom. The van der Waals surface area contributed by atoms with Gasteiger partial charge in [0.1, 0.15) is 23.4 Å². The fourth-order valence-electron chi connectivity index (χ4n) is 4.98. The summed E-state index contributed by atoms with van der Waals surface area (Å²) in [7, 11) is 1.53. The number of aromatic nitrogens is 4. The Balaban J connectivity index is 1.68. The van der Waals surface area contributed by atoms with Crippen molar-refractivity contribution in [2.24, 2.45) is 0 Å². The summed E-state index contributed by atoms with van der Waals surface area (Å²) in [4.78, 5) is 37.0. The molecule has 0 saturated carbocycles.